The van der Waals surface area contributed by atoms with Gasteiger partial charge in [0.25, 0.3) is 0 Å². The van der Waals surface area contributed by atoms with Crippen LogP contribution >= 0.6 is 0 Å². The van der Waals surface area contributed by atoms with Crippen LogP contribution in [0.1, 0.15) is 43.2 Å². The van der Waals surface area contributed by atoms with Gasteiger partial charge in [0.05, 0.1) is 12.5 Å². The fraction of sp³-hybridized carbons (Fsp3) is 0.429. The van der Waals surface area contributed by atoms with Crippen LogP contribution in [0, 0.1) is 18.3 Å². The average molecular weight is 215 g/mol. The molecule has 0 saturated carbocycles. The smallest absolute Gasteiger partial charge is 0.146 e. The van der Waals surface area contributed by atoms with E-state index in [4.69, 9.17) is 5.26 Å². The van der Waals surface area contributed by atoms with Crippen LogP contribution in [0.4, 0.5) is 0 Å². The lowest BCUT2D eigenvalue weighted by molar-refractivity contribution is -0.118. The lowest BCUT2D eigenvalue weighted by atomic mass is 9.91. The summed E-state index contributed by atoms with van der Waals surface area (Å²) in [6, 6.07) is 10.1. The highest BCUT2D eigenvalue weighted by Crippen LogP contribution is 2.23. The molecule has 1 aromatic carbocycles. The molecule has 1 rings (SSSR count). The van der Waals surface area contributed by atoms with Crippen molar-refractivity contribution in [2.75, 3.05) is 0 Å². The van der Waals surface area contributed by atoms with Gasteiger partial charge in [-0.2, -0.15) is 5.26 Å². The Kier molecular flexibility index (Phi) is 4.72. The van der Waals surface area contributed by atoms with Gasteiger partial charge in [0, 0.05) is 6.42 Å². The lowest BCUT2D eigenvalue weighted by Gasteiger charge is -2.13. The molecule has 1 unspecified atom stereocenters. The Bertz CT molecular complexity index is 403. The number of ketones is 1. The second-order valence-corrected chi connectivity index (χ2v) is 4.17. The van der Waals surface area contributed by atoms with E-state index < -0.39 is 0 Å². The first-order valence-electron chi connectivity index (χ1n) is 5.59. The summed E-state index contributed by atoms with van der Waals surface area (Å²) in [6.45, 7) is 4.21. The molecule has 0 aliphatic rings. The maximum Gasteiger partial charge on any atom is 0.146 e. The van der Waals surface area contributed by atoms with Gasteiger partial charge < -0.3 is 0 Å². The number of hydrogen-bond donors (Lipinski definition) is 0. The molecule has 0 fully saturated rings. The van der Waals surface area contributed by atoms with E-state index in [0.29, 0.717) is 12.3 Å². The van der Waals surface area contributed by atoms with E-state index in [9.17, 15) is 4.79 Å². The third kappa shape index (κ3) is 3.51. The van der Waals surface area contributed by atoms with Gasteiger partial charge in [-0.25, -0.2) is 0 Å². The molecular formula is C14H17NO. The summed E-state index contributed by atoms with van der Waals surface area (Å²) in [6.07, 6.45) is 1.37. The normalized spacial score (nSPS) is 11.8. The molecular weight excluding hydrogens is 198 g/mol. The quantitative estimate of drug-likeness (QED) is 0.755. The van der Waals surface area contributed by atoms with Crippen molar-refractivity contribution in [2.45, 2.75) is 39.0 Å². The summed E-state index contributed by atoms with van der Waals surface area (Å²) < 4.78 is 0. The standard InChI is InChI=1S/C14H17NO/c1-11-5-3-4-6-14(11)12(2)7-8-13(16)9-10-15/h3-6,12H,7-9H2,1-2H3. The third-order valence-electron chi connectivity index (χ3n) is 2.85. The Labute approximate surface area is 96.9 Å². The molecule has 0 spiro atoms. The second kappa shape index (κ2) is 6.07. The van der Waals surface area contributed by atoms with Crippen LogP contribution in [0.3, 0.4) is 0 Å². The van der Waals surface area contributed by atoms with Crippen molar-refractivity contribution in [3.63, 3.8) is 0 Å². The van der Waals surface area contributed by atoms with Gasteiger partial charge in [-0.3, -0.25) is 4.79 Å². The predicted molar refractivity (Wildman–Crippen MR) is 64.1 cm³/mol. The number of rotatable bonds is 5. The van der Waals surface area contributed by atoms with Gasteiger partial charge in [-0.05, 0) is 30.4 Å². The highest BCUT2D eigenvalue weighted by molar-refractivity contribution is 5.80. The highest BCUT2D eigenvalue weighted by atomic mass is 16.1. The molecule has 0 amide bonds. The SMILES string of the molecule is Cc1ccccc1C(C)CCC(=O)CC#N. The Hall–Kier alpha value is -1.62. The fourth-order valence-electron chi connectivity index (χ4n) is 1.85. The minimum absolute atomic E-state index is 0.0422. The third-order valence-corrected chi connectivity index (χ3v) is 2.85. The number of carbonyl (C=O) groups excluding carboxylic acids is 1. The van der Waals surface area contributed by atoms with Gasteiger partial charge in [0.2, 0.25) is 0 Å². The van der Waals surface area contributed by atoms with Crippen LogP contribution < -0.4 is 0 Å². The minimum atomic E-state index is 0.0422. The number of carbonyl (C=O) groups is 1. The molecule has 0 aromatic heterocycles. The van der Waals surface area contributed by atoms with Gasteiger partial charge in [-0.1, -0.05) is 31.2 Å². The Morgan fingerprint density at radius 2 is 2.12 bits per heavy atom. The van der Waals surface area contributed by atoms with Crippen LogP contribution in [0.5, 0.6) is 0 Å². The van der Waals surface area contributed by atoms with Crippen LogP contribution in [-0.2, 0) is 4.79 Å². The first-order chi connectivity index (χ1) is 7.65. The fourth-order valence-corrected chi connectivity index (χ4v) is 1.85. The van der Waals surface area contributed by atoms with Crippen LogP contribution in [0.25, 0.3) is 0 Å². The molecule has 0 heterocycles. The van der Waals surface area contributed by atoms with Crippen LogP contribution in [0.15, 0.2) is 24.3 Å². The zero-order valence-electron chi connectivity index (χ0n) is 9.86. The monoisotopic (exact) mass is 215 g/mol. The summed E-state index contributed by atoms with van der Waals surface area (Å²) in [7, 11) is 0. The molecule has 2 heteroatoms. The largest absolute Gasteiger partial charge is 0.299 e. The van der Waals surface area contributed by atoms with Gasteiger partial charge in [-0.15, -0.1) is 0 Å². The van der Waals surface area contributed by atoms with Gasteiger partial charge in [0.1, 0.15) is 5.78 Å². The van der Waals surface area contributed by atoms with E-state index in [0.717, 1.165) is 6.42 Å². The topological polar surface area (TPSA) is 40.9 Å². The maximum atomic E-state index is 11.2. The van der Waals surface area contributed by atoms with E-state index in [1.165, 1.54) is 11.1 Å². The summed E-state index contributed by atoms with van der Waals surface area (Å²) in [5.41, 5.74) is 2.56. The summed E-state index contributed by atoms with van der Waals surface area (Å²) in [5, 5.41) is 8.39. The Balaban J connectivity index is 2.54. The summed E-state index contributed by atoms with van der Waals surface area (Å²) in [5.74, 6) is 0.423. The van der Waals surface area contributed by atoms with E-state index in [1.54, 1.807) is 0 Å². The first kappa shape index (κ1) is 12.4. The van der Waals surface area contributed by atoms with Crippen molar-refractivity contribution in [3.8, 4) is 6.07 Å². The average Bonchev–Trinajstić information content (AvgIpc) is 2.27. The molecule has 84 valence electrons. The number of hydrogen-bond acceptors (Lipinski definition) is 2. The number of Topliss-reactive ketones (excluding diaryl/α,β-unsaturated/α-hetero) is 1. The molecule has 1 atom stereocenters. The molecule has 2 nitrogen and oxygen atoms in total. The number of nitrogens with zero attached hydrogens (tertiary/aromatic N) is 1. The van der Waals surface area contributed by atoms with Crippen molar-refractivity contribution in [1.82, 2.24) is 0 Å². The number of benzene rings is 1. The predicted octanol–water partition coefficient (Wildman–Crippen LogP) is 3.36. The van der Waals surface area contributed by atoms with Crippen molar-refractivity contribution < 1.29 is 4.79 Å². The minimum Gasteiger partial charge on any atom is -0.299 e. The van der Waals surface area contributed by atoms with E-state index in [-0.39, 0.29) is 12.2 Å². The van der Waals surface area contributed by atoms with Gasteiger partial charge in [0.15, 0.2) is 0 Å². The zero-order valence-corrected chi connectivity index (χ0v) is 9.86. The lowest BCUT2D eigenvalue weighted by Crippen LogP contribution is -2.02. The summed E-state index contributed by atoms with van der Waals surface area (Å²) >= 11 is 0. The van der Waals surface area contributed by atoms with Crippen LogP contribution in [0.2, 0.25) is 0 Å². The molecule has 0 saturated heterocycles. The van der Waals surface area contributed by atoms with Crippen molar-refractivity contribution in [2.24, 2.45) is 0 Å². The molecule has 1 aromatic rings. The molecule has 0 aliphatic heterocycles. The van der Waals surface area contributed by atoms with Crippen LogP contribution in [-0.4, -0.2) is 5.78 Å². The van der Waals surface area contributed by atoms with E-state index in [1.807, 2.05) is 18.2 Å². The van der Waals surface area contributed by atoms with Crippen molar-refractivity contribution >= 4 is 5.78 Å². The first-order valence-corrected chi connectivity index (χ1v) is 5.59. The van der Waals surface area contributed by atoms with E-state index in [2.05, 4.69) is 26.0 Å². The zero-order chi connectivity index (χ0) is 12.0. The Morgan fingerprint density at radius 1 is 1.44 bits per heavy atom. The number of nitriles is 1. The van der Waals surface area contributed by atoms with E-state index >= 15 is 0 Å². The van der Waals surface area contributed by atoms with Crippen molar-refractivity contribution in [3.05, 3.63) is 35.4 Å². The molecule has 0 bridgehead atoms. The molecule has 0 aliphatic carbocycles. The number of aryl methyl sites for hydroxylation is 1. The highest BCUT2D eigenvalue weighted by Gasteiger charge is 2.10. The molecule has 0 radical (unpaired) electrons. The molecule has 0 N–H and O–H groups in total. The Morgan fingerprint density at radius 3 is 2.75 bits per heavy atom. The maximum absolute atomic E-state index is 11.2. The summed E-state index contributed by atoms with van der Waals surface area (Å²) in [4.78, 5) is 11.2. The van der Waals surface area contributed by atoms with Crippen molar-refractivity contribution in [1.29, 1.82) is 5.26 Å². The van der Waals surface area contributed by atoms with Gasteiger partial charge >= 0.3 is 0 Å². The molecule has 16 heavy (non-hydrogen) atoms. The second-order valence-electron chi connectivity index (χ2n) is 4.17.